The van der Waals surface area contributed by atoms with Gasteiger partial charge in [0, 0.05) is 17.6 Å². The Bertz CT molecular complexity index is 557. The minimum atomic E-state index is 0.272. The Morgan fingerprint density at radius 3 is 2.89 bits per heavy atom. The van der Waals surface area contributed by atoms with Crippen molar-refractivity contribution >= 4 is 17.2 Å². The standard InChI is InChI=1S/C14H16N4S/c1-18(2)12(13-6-4-8-19-13)10-17-14-11(9-15)5-3-7-16-14/h3-8,12H,10H2,1-2H3,(H,16,17)/t12-/m0/s1. The van der Waals surface area contributed by atoms with E-state index in [1.54, 1.807) is 29.7 Å². The van der Waals surface area contributed by atoms with E-state index in [1.165, 1.54) is 4.88 Å². The first-order valence-corrected chi connectivity index (χ1v) is 6.89. The summed E-state index contributed by atoms with van der Waals surface area (Å²) in [6.45, 7) is 0.721. The molecule has 4 nitrogen and oxygen atoms in total. The monoisotopic (exact) mass is 272 g/mol. The molecule has 0 radical (unpaired) electrons. The van der Waals surface area contributed by atoms with Crippen molar-refractivity contribution in [3.05, 3.63) is 46.3 Å². The normalized spacial score (nSPS) is 12.1. The van der Waals surface area contributed by atoms with Gasteiger partial charge < -0.3 is 10.2 Å². The molecule has 2 aromatic rings. The van der Waals surface area contributed by atoms with Gasteiger partial charge in [-0.25, -0.2) is 4.98 Å². The van der Waals surface area contributed by atoms with Crippen molar-refractivity contribution in [2.45, 2.75) is 6.04 Å². The van der Waals surface area contributed by atoms with E-state index in [9.17, 15) is 0 Å². The van der Waals surface area contributed by atoms with Crippen LogP contribution in [0, 0.1) is 11.3 Å². The number of anilines is 1. The molecule has 0 aliphatic heterocycles. The maximum atomic E-state index is 9.04. The van der Waals surface area contributed by atoms with Crippen LogP contribution in [0.25, 0.3) is 0 Å². The number of rotatable bonds is 5. The molecule has 0 unspecified atom stereocenters. The zero-order valence-electron chi connectivity index (χ0n) is 11.0. The summed E-state index contributed by atoms with van der Waals surface area (Å²) in [5.41, 5.74) is 0.575. The average molecular weight is 272 g/mol. The quantitative estimate of drug-likeness (QED) is 0.909. The van der Waals surface area contributed by atoms with E-state index in [0.29, 0.717) is 11.4 Å². The molecule has 1 atom stereocenters. The Labute approximate surface area is 117 Å². The molecular formula is C14H16N4S. The van der Waals surface area contributed by atoms with Gasteiger partial charge in [-0.2, -0.15) is 5.26 Å². The molecule has 19 heavy (non-hydrogen) atoms. The SMILES string of the molecule is CN(C)[C@@H](CNc1ncccc1C#N)c1cccs1. The number of hydrogen-bond donors (Lipinski definition) is 1. The Hall–Kier alpha value is -1.90. The summed E-state index contributed by atoms with van der Waals surface area (Å²) >= 11 is 1.74. The Morgan fingerprint density at radius 2 is 2.26 bits per heavy atom. The number of aromatic nitrogens is 1. The third-order valence-electron chi connectivity index (χ3n) is 2.89. The van der Waals surface area contributed by atoms with Gasteiger partial charge in [-0.05, 0) is 37.7 Å². The van der Waals surface area contributed by atoms with Gasteiger partial charge in [-0.15, -0.1) is 11.3 Å². The molecule has 2 aromatic heterocycles. The summed E-state index contributed by atoms with van der Waals surface area (Å²) in [4.78, 5) is 7.67. The lowest BCUT2D eigenvalue weighted by Crippen LogP contribution is -2.26. The summed E-state index contributed by atoms with van der Waals surface area (Å²) in [6.07, 6.45) is 1.69. The molecule has 0 saturated carbocycles. The lowest BCUT2D eigenvalue weighted by Gasteiger charge is -2.23. The summed E-state index contributed by atoms with van der Waals surface area (Å²) in [5.74, 6) is 0.647. The minimum absolute atomic E-state index is 0.272. The number of nitriles is 1. The molecule has 2 rings (SSSR count). The van der Waals surface area contributed by atoms with Crippen LogP contribution in [-0.2, 0) is 0 Å². The Balaban J connectivity index is 2.10. The van der Waals surface area contributed by atoms with Crippen molar-refractivity contribution in [2.24, 2.45) is 0 Å². The zero-order chi connectivity index (χ0) is 13.7. The van der Waals surface area contributed by atoms with Crippen molar-refractivity contribution in [3.63, 3.8) is 0 Å². The molecule has 0 spiro atoms. The highest BCUT2D eigenvalue weighted by atomic mass is 32.1. The molecule has 98 valence electrons. The average Bonchev–Trinajstić information content (AvgIpc) is 2.93. The number of hydrogen-bond acceptors (Lipinski definition) is 5. The number of pyridine rings is 1. The lowest BCUT2D eigenvalue weighted by atomic mass is 10.2. The summed E-state index contributed by atoms with van der Waals surface area (Å²) in [7, 11) is 4.10. The van der Waals surface area contributed by atoms with E-state index in [1.807, 2.05) is 0 Å². The third-order valence-corrected chi connectivity index (χ3v) is 3.86. The van der Waals surface area contributed by atoms with Crippen LogP contribution in [-0.4, -0.2) is 30.5 Å². The molecule has 2 heterocycles. The first kappa shape index (κ1) is 13.5. The number of likely N-dealkylation sites (N-methyl/N-ethyl adjacent to an activating group) is 1. The molecule has 0 amide bonds. The summed E-state index contributed by atoms with van der Waals surface area (Å²) < 4.78 is 0. The van der Waals surface area contributed by atoms with Gasteiger partial charge in [0.1, 0.15) is 11.9 Å². The Morgan fingerprint density at radius 1 is 1.42 bits per heavy atom. The fourth-order valence-corrected chi connectivity index (χ4v) is 2.77. The van der Waals surface area contributed by atoms with E-state index in [0.717, 1.165) is 6.54 Å². The number of thiophene rings is 1. The van der Waals surface area contributed by atoms with Crippen molar-refractivity contribution in [3.8, 4) is 6.07 Å². The maximum Gasteiger partial charge on any atom is 0.143 e. The molecule has 0 aromatic carbocycles. The molecular weight excluding hydrogens is 256 g/mol. The van der Waals surface area contributed by atoms with Gasteiger partial charge in [0.2, 0.25) is 0 Å². The second kappa shape index (κ2) is 6.32. The maximum absolute atomic E-state index is 9.04. The van der Waals surface area contributed by atoms with Crippen molar-refractivity contribution in [2.75, 3.05) is 26.0 Å². The van der Waals surface area contributed by atoms with Crippen LogP contribution in [0.4, 0.5) is 5.82 Å². The first-order valence-electron chi connectivity index (χ1n) is 6.01. The topological polar surface area (TPSA) is 52.0 Å². The van der Waals surface area contributed by atoms with Crippen LogP contribution >= 0.6 is 11.3 Å². The fourth-order valence-electron chi connectivity index (χ4n) is 1.85. The molecule has 0 fully saturated rings. The molecule has 0 bridgehead atoms. The molecule has 5 heteroatoms. The molecule has 0 saturated heterocycles. The van der Waals surface area contributed by atoms with Crippen LogP contribution < -0.4 is 5.32 Å². The van der Waals surface area contributed by atoms with E-state index in [-0.39, 0.29) is 6.04 Å². The van der Waals surface area contributed by atoms with Crippen LogP contribution in [0.3, 0.4) is 0 Å². The molecule has 0 aliphatic rings. The smallest absolute Gasteiger partial charge is 0.143 e. The molecule has 1 N–H and O–H groups in total. The van der Waals surface area contributed by atoms with Gasteiger partial charge in [0.05, 0.1) is 11.6 Å². The zero-order valence-corrected chi connectivity index (χ0v) is 11.8. The highest BCUT2D eigenvalue weighted by Gasteiger charge is 2.15. The van der Waals surface area contributed by atoms with Crippen molar-refractivity contribution in [1.82, 2.24) is 9.88 Å². The van der Waals surface area contributed by atoms with Crippen molar-refractivity contribution < 1.29 is 0 Å². The fraction of sp³-hybridized carbons (Fsp3) is 0.286. The second-order valence-electron chi connectivity index (χ2n) is 4.39. The summed E-state index contributed by atoms with van der Waals surface area (Å²) in [5, 5.41) is 14.4. The third kappa shape index (κ3) is 3.31. The molecule has 0 aliphatic carbocycles. The van der Waals surface area contributed by atoms with E-state index in [2.05, 4.69) is 52.9 Å². The number of nitrogens with zero attached hydrogens (tertiary/aromatic N) is 3. The predicted molar refractivity (Wildman–Crippen MR) is 78.2 cm³/mol. The van der Waals surface area contributed by atoms with Gasteiger partial charge in [-0.3, -0.25) is 0 Å². The number of nitrogens with one attached hydrogen (secondary N) is 1. The van der Waals surface area contributed by atoms with Gasteiger partial charge >= 0.3 is 0 Å². The lowest BCUT2D eigenvalue weighted by molar-refractivity contribution is 0.316. The highest BCUT2D eigenvalue weighted by Crippen LogP contribution is 2.23. The minimum Gasteiger partial charge on any atom is -0.367 e. The largest absolute Gasteiger partial charge is 0.367 e. The highest BCUT2D eigenvalue weighted by molar-refractivity contribution is 7.10. The van der Waals surface area contributed by atoms with Crippen molar-refractivity contribution in [1.29, 1.82) is 5.26 Å². The van der Waals surface area contributed by atoms with Crippen LogP contribution in [0.5, 0.6) is 0 Å². The van der Waals surface area contributed by atoms with E-state index >= 15 is 0 Å². The Kier molecular flexibility index (Phi) is 4.50. The van der Waals surface area contributed by atoms with E-state index < -0.39 is 0 Å². The van der Waals surface area contributed by atoms with Crippen LogP contribution in [0.1, 0.15) is 16.5 Å². The predicted octanol–water partition coefficient (Wildman–Crippen LogP) is 2.73. The van der Waals surface area contributed by atoms with E-state index in [4.69, 9.17) is 5.26 Å². The first-order chi connectivity index (χ1) is 9.22. The van der Waals surface area contributed by atoms with Gasteiger partial charge in [-0.1, -0.05) is 6.07 Å². The van der Waals surface area contributed by atoms with Gasteiger partial charge in [0.25, 0.3) is 0 Å². The van der Waals surface area contributed by atoms with Gasteiger partial charge in [0.15, 0.2) is 0 Å². The van der Waals surface area contributed by atoms with Crippen LogP contribution in [0.15, 0.2) is 35.8 Å². The van der Waals surface area contributed by atoms with Crippen LogP contribution in [0.2, 0.25) is 0 Å². The second-order valence-corrected chi connectivity index (χ2v) is 5.37. The summed E-state index contributed by atoms with van der Waals surface area (Å²) in [6, 6.07) is 10.1.